The summed E-state index contributed by atoms with van der Waals surface area (Å²) in [5, 5.41) is 3.35. The highest BCUT2D eigenvalue weighted by molar-refractivity contribution is 5.79. The number of hydrogen-bond donors (Lipinski definition) is 1. The maximum absolute atomic E-state index is 12.2. The summed E-state index contributed by atoms with van der Waals surface area (Å²) in [5.41, 5.74) is 0.984. The molecule has 0 aliphatic heterocycles. The van der Waals surface area contributed by atoms with Gasteiger partial charge < -0.3 is 19.5 Å². The van der Waals surface area contributed by atoms with Gasteiger partial charge in [-0.25, -0.2) is 4.98 Å². The fourth-order valence-corrected chi connectivity index (χ4v) is 2.76. The molecule has 0 saturated carbocycles. The molecule has 27 heavy (non-hydrogen) atoms. The van der Waals surface area contributed by atoms with E-state index < -0.39 is 6.61 Å². The first-order valence-corrected chi connectivity index (χ1v) is 8.93. The lowest BCUT2D eigenvalue weighted by Gasteiger charge is -2.22. The van der Waals surface area contributed by atoms with Crippen LogP contribution in [0.1, 0.15) is 24.2 Å². The van der Waals surface area contributed by atoms with Crippen LogP contribution in [0.4, 0.5) is 8.78 Å². The Morgan fingerprint density at radius 1 is 1.30 bits per heavy atom. The molecule has 0 bridgehead atoms. The first-order chi connectivity index (χ1) is 13.0. The van der Waals surface area contributed by atoms with E-state index in [9.17, 15) is 8.78 Å². The van der Waals surface area contributed by atoms with Crippen LogP contribution in [0.15, 0.2) is 41.7 Å². The van der Waals surface area contributed by atoms with Crippen molar-refractivity contribution >= 4 is 5.96 Å². The molecule has 0 amide bonds. The van der Waals surface area contributed by atoms with Crippen molar-refractivity contribution in [2.45, 2.75) is 39.5 Å². The molecule has 1 N–H and O–H groups in total. The van der Waals surface area contributed by atoms with E-state index in [0.717, 1.165) is 43.3 Å². The molecule has 0 atom stereocenters. The topological polar surface area (TPSA) is 54.7 Å². The fraction of sp³-hybridized carbons (Fsp3) is 0.474. The van der Waals surface area contributed by atoms with Gasteiger partial charge in [-0.05, 0) is 37.5 Å². The summed E-state index contributed by atoms with van der Waals surface area (Å²) in [4.78, 5) is 10.5. The van der Waals surface area contributed by atoms with Gasteiger partial charge >= 0.3 is 6.61 Å². The molecule has 1 aromatic heterocycles. The molecule has 148 valence electrons. The molecule has 0 spiro atoms. The molecule has 0 radical (unpaired) electrons. The van der Waals surface area contributed by atoms with Gasteiger partial charge in [0.1, 0.15) is 11.6 Å². The molecule has 1 aromatic carbocycles. The van der Waals surface area contributed by atoms with Gasteiger partial charge in [0.15, 0.2) is 5.96 Å². The Kier molecular flexibility index (Phi) is 8.03. The van der Waals surface area contributed by atoms with Gasteiger partial charge in [0.05, 0.1) is 0 Å². The minimum atomic E-state index is -2.81. The van der Waals surface area contributed by atoms with Crippen molar-refractivity contribution in [1.82, 2.24) is 19.8 Å². The maximum Gasteiger partial charge on any atom is 0.387 e. The van der Waals surface area contributed by atoms with Crippen molar-refractivity contribution in [2.75, 3.05) is 20.6 Å². The summed E-state index contributed by atoms with van der Waals surface area (Å²) in [5.74, 6) is 1.98. The highest BCUT2D eigenvalue weighted by Crippen LogP contribution is 2.15. The Balaban J connectivity index is 1.73. The highest BCUT2D eigenvalue weighted by Gasteiger charge is 2.08. The molecule has 8 heteroatoms. The van der Waals surface area contributed by atoms with Crippen molar-refractivity contribution in [2.24, 2.45) is 4.99 Å². The number of aliphatic imine (C=N–C) groups is 1. The van der Waals surface area contributed by atoms with E-state index in [2.05, 4.69) is 24.6 Å². The molecule has 0 unspecified atom stereocenters. The Morgan fingerprint density at radius 3 is 2.63 bits per heavy atom. The predicted octanol–water partition coefficient (Wildman–Crippen LogP) is 3.28. The first-order valence-electron chi connectivity index (χ1n) is 8.93. The van der Waals surface area contributed by atoms with Crippen LogP contribution in [0.3, 0.4) is 0 Å². The largest absolute Gasteiger partial charge is 0.435 e. The first kappa shape index (κ1) is 20.7. The quantitative estimate of drug-likeness (QED) is 0.413. The van der Waals surface area contributed by atoms with Crippen molar-refractivity contribution in [1.29, 1.82) is 0 Å². The Hall–Kier alpha value is -2.64. The number of nitrogens with zero attached hydrogens (tertiary/aromatic N) is 4. The van der Waals surface area contributed by atoms with Crippen molar-refractivity contribution < 1.29 is 13.5 Å². The van der Waals surface area contributed by atoms with Crippen LogP contribution < -0.4 is 10.1 Å². The SMILES string of the molecule is CN=C(NCCCCn1ccnc1C)N(C)Cc1ccc(OC(F)F)cc1. The number of alkyl halides is 2. The molecule has 2 aromatic rings. The van der Waals surface area contributed by atoms with Crippen LogP contribution in [-0.4, -0.2) is 47.7 Å². The minimum absolute atomic E-state index is 0.159. The normalized spacial score (nSPS) is 11.7. The average Bonchev–Trinajstić information content (AvgIpc) is 3.04. The number of aromatic nitrogens is 2. The van der Waals surface area contributed by atoms with Gasteiger partial charge in [0.25, 0.3) is 0 Å². The van der Waals surface area contributed by atoms with Gasteiger partial charge in [0.2, 0.25) is 0 Å². The van der Waals surface area contributed by atoms with E-state index in [1.54, 1.807) is 31.3 Å². The lowest BCUT2D eigenvalue weighted by atomic mass is 10.2. The van der Waals surface area contributed by atoms with Crippen molar-refractivity contribution in [3.8, 4) is 5.75 Å². The maximum atomic E-state index is 12.2. The van der Waals surface area contributed by atoms with E-state index in [0.29, 0.717) is 6.54 Å². The number of halogens is 2. The average molecular weight is 379 g/mol. The van der Waals surface area contributed by atoms with Crippen LogP contribution in [0.5, 0.6) is 5.75 Å². The molecule has 0 fully saturated rings. The zero-order chi connectivity index (χ0) is 19.6. The van der Waals surface area contributed by atoms with Gasteiger partial charge in [-0.2, -0.15) is 8.78 Å². The second-order valence-corrected chi connectivity index (χ2v) is 6.23. The number of rotatable bonds is 9. The van der Waals surface area contributed by atoms with E-state index in [-0.39, 0.29) is 5.75 Å². The summed E-state index contributed by atoms with van der Waals surface area (Å²) in [6, 6.07) is 6.64. The predicted molar refractivity (Wildman–Crippen MR) is 102 cm³/mol. The number of hydrogen-bond acceptors (Lipinski definition) is 3. The monoisotopic (exact) mass is 379 g/mol. The third kappa shape index (κ3) is 6.88. The lowest BCUT2D eigenvalue weighted by molar-refractivity contribution is -0.0498. The van der Waals surface area contributed by atoms with E-state index in [1.807, 2.05) is 31.3 Å². The van der Waals surface area contributed by atoms with Crippen molar-refractivity contribution in [3.05, 3.63) is 48.0 Å². The zero-order valence-corrected chi connectivity index (χ0v) is 16.0. The number of aryl methyl sites for hydroxylation is 2. The zero-order valence-electron chi connectivity index (χ0n) is 16.0. The molecule has 0 aliphatic carbocycles. The van der Waals surface area contributed by atoms with Crippen LogP contribution in [0.25, 0.3) is 0 Å². The minimum Gasteiger partial charge on any atom is -0.435 e. The van der Waals surface area contributed by atoms with Gasteiger partial charge in [-0.3, -0.25) is 4.99 Å². The molecule has 0 saturated heterocycles. The van der Waals surface area contributed by atoms with Crippen molar-refractivity contribution in [3.63, 3.8) is 0 Å². The molecule has 6 nitrogen and oxygen atoms in total. The summed E-state index contributed by atoms with van der Waals surface area (Å²) < 4.78 is 30.9. The lowest BCUT2D eigenvalue weighted by Crippen LogP contribution is -2.38. The second-order valence-electron chi connectivity index (χ2n) is 6.23. The smallest absolute Gasteiger partial charge is 0.387 e. The number of ether oxygens (including phenoxy) is 1. The molecular formula is C19H27F2N5O. The van der Waals surface area contributed by atoms with Crippen LogP contribution in [-0.2, 0) is 13.1 Å². The molecule has 1 heterocycles. The number of benzene rings is 1. The Labute approximate surface area is 158 Å². The summed E-state index contributed by atoms with van der Waals surface area (Å²) in [6.45, 7) is 1.59. The Bertz CT molecular complexity index is 715. The number of nitrogens with one attached hydrogen (secondary N) is 1. The standard InChI is InChI=1S/C19H27F2N5O/c1-15-23-11-13-26(15)12-5-4-10-24-19(22-2)25(3)14-16-6-8-17(9-7-16)27-18(20)21/h6-9,11,13,18H,4-5,10,12,14H2,1-3H3,(H,22,24). The van der Waals surface area contributed by atoms with E-state index in [1.165, 1.54) is 0 Å². The molecule has 0 aliphatic rings. The van der Waals surface area contributed by atoms with E-state index >= 15 is 0 Å². The summed E-state index contributed by atoms with van der Waals surface area (Å²) >= 11 is 0. The number of unbranched alkanes of at least 4 members (excludes halogenated alkanes) is 1. The second kappa shape index (κ2) is 10.5. The van der Waals surface area contributed by atoms with Gasteiger partial charge in [-0.1, -0.05) is 12.1 Å². The van der Waals surface area contributed by atoms with E-state index in [4.69, 9.17) is 0 Å². The summed E-state index contributed by atoms with van der Waals surface area (Å²) in [6.07, 6.45) is 5.88. The van der Waals surface area contributed by atoms with Crippen LogP contribution in [0, 0.1) is 6.92 Å². The summed E-state index contributed by atoms with van der Waals surface area (Å²) in [7, 11) is 3.68. The van der Waals surface area contributed by atoms with Crippen LogP contribution >= 0.6 is 0 Å². The molecule has 2 rings (SSSR count). The molecular weight excluding hydrogens is 352 g/mol. The third-order valence-corrected chi connectivity index (χ3v) is 4.17. The highest BCUT2D eigenvalue weighted by atomic mass is 19.3. The third-order valence-electron chi connectivity index (χ3n) is 4.17. The number of guanidine groups is 1. The fourth-order valence-electron chi connectivity index (χ4n) is 2.76. The van der Waals surface area contributed by atoms with Crippen LogP contribution in [0.2, 0.25) is 0 Å². The van der Waals surface area contributed by atoms with Gasteiger partial charge in [-0.15, -0.1) is 0 Å². The van der Waals surface area contributed by atoms with Gasteiger partial charge in [0, 0.05) is 46.1 Å². The Morgan fingerprint density at radius 2 is 2.04 bits per heavy atom. The number of imidazole rings is 1.